The van der Waals surface area contributed by atoms with Crippen molar-refractivity contribution in [1.29, 1.82) is 0 Å². The Kier molecular flexibility index (Phi) is 12.2. The van der Waals surface area contributed by atoms with E-state index in [-0.39, 0.29) is 18.1 Å². The van der Waals surface area contributed by atoms with E-state index in [2.05, 4.69) is 30.9 Å². The summed E-state index contributed by atoms with van der Waals surface area (Å²) < 4.78 is 6.33. The normalized spacial score (nSPS) is 20.6. The number of aliphatic carboxylic acids is 1. The molecule has 1 aromatic rings. The highest BCUT2D eigenvalue weighted by Gasteiger charge is 2.38. The van der Waals surface area contributed by atoms with Gasteiger partial charge < -0.3 is 20.9 Å². The van der Waals surface area contributed by atoms with Crippen LogP contribution in [0.15, 0.2) is 36.4 Å². The van der Waals surface area contributed by atoms with E-state index in [9.17, 15) is 14.7 Å². The van der Waals surface area contributed by atoms with Crippen molar-refractivity contribution in [2.45, 2.75) is 56.8 Å². The molecule has 1 amide bonds. The number of nitrogens with zero attached hydrogens (tertiary/aromatic N) is 1. The Morgan fingerprint density at radius 1 is 1.42 bits per heavy atom. The zero-order valence-corrected chi connectivity index (χ0v) is 21.2. The van der Waals surface area contributed by atoms with Gasteiger partial charge in [0.15, 0.2) is 0 Å². The van der Waals surface area contributed by atoms with Gasteiger partial charge in [-0.25, -0.2) is 4.79 Å². The molecule has 0 unspecified atom stereocenters. The van der Waals surface area contributed by atoms with E-state index in [1.807, 2.05) is 41.5 Å². The molecule has 33 heavy (non-hydrogen) atoms. The Balaban J connectivity index is 2.14. The van der Waals surface area contributed by atoms with E-state index in [1.165, 1.54) is 0 Å². The lowest BCUT2D eigenvalue weighted by Crippen LogP contribution is -2.49. The molecule has 0 aliphatic carbocycles. The number of hydrogen-bond acceptors (Lipinski definition) is 7. The van der Waals surface area contributed by atoms with Crippen molar-refractivity contribution in [3.05, 3.63) is 42.0 Å². The highest BCUT2D eigenvalue weighted by Crippen LogP contribution is 2.27. The molecular formula is C24H37N3O4S2. The molecule has 4 N–H and O–H groups in total. The first kappa shape index (κ1) is 27.6. The lowest BCUT2D eigenvalue weighted by atomic mass is 10.1. The number of nitrogens with two attached hydrogens (primary N) is 1. The molecule has 1 aliphatic rings. The summed E-state index contributed by atoms with van der Waals surface area (Å²) in [5.41, 5.74) is 7.07. The summed E-state index contributed by atoms with van der Waals surface area (Å²) in [5, 5.41) is 12.3. The standard InChI is InChI=1S/C24H37N3O4S2/c1-3-7-17-8-4-5-10-22(17)31-19-14-21(27(15-19)12-6-9-18(25)16-32)23(28)26-20(24(29)30)11-13-33-2/h4-6,8-10,18-21,32H,3,7,11-16,25H2,1-2H3,(H,26,28)(H,29,30)/b9-6+/t18-,19+,20+,21+/m1/s1. The van der Waals surface area contributed by atoms with E-state index >= 15 is 0 Å². The van der Waals surface area contributed by atoms with E-state index in [1.54, 1.807) is 11.8 Å². The summed E-state index contributed by atoms with van der Waals surface area (Å²) in [6.45, 7) is 3.23. The summed E-state index contributed by atoms with van der Waals surface area (Å²) in [5.74, 6) is 0.763. The number of rotatable bonds is 14. The second-order valence-electron chi connectivity index (χ2n) is 8.26. The van der Waals surface area contributed by atoms with Crippen LogP contribution < -0.4 is 15.8 Å². The van der Waals surface area contributed by atoms with Crippen LogP contribution in [-0.4, -0.2) is 77.0 Å². The number of ether oxygens (including phenoxy) is 1. The number of likely N-dealkylation sites (tertiary alicyclic amines) is 1. The van der Waals surface area contributed by atoms with Gasteiger partial charge in [-0.3, -0.25) is 9.69 Å². The summed E-state index contributed by atoms with van der Waals surface area (Å²) in [6.07, 6.45) is 8.40. The second kappa shape index (κ2) is 14.6. The number of benzene rings is 1. The first-order chi connectivity index (χ1) is 15.9. The number of carbonyl (C=O) groups excluding carboxylic acids is 1. The molecule has 0 saturated carbocycles. The number of hydrogen-bond donors (Lipinski definition) is 4. The number of aryl methyl sites for hydroxylation is 1. The number of carbonyl (C=O) groups is 2. The SMILES string of the molecule is CCCc1ccccc1O[C@H]1C[C@@H](C(=O)N[C@@H](CCSC)C(=O)O)N(C/C=C/[C@@H](N)CS)C1. The molecule has 0 bridgehead atoms. The van der Waals surface area contributed by atoms with E-state index in [0.717, 1.165) is 24.2 Å². The van der Waals surface area contributed by atoms with Gasteiger partial charge in [0.05, 0.1) is 6.04 Å². The highest BCUT2D eigenvalue weighted by molar-refractivity contribution is 7.98. The van der Waals surface area contributed by atoms with Crippen LogP contribution in [0.2, 0.25) is 0 Å². The average molecular weight is 496 g/mol. The third-order valence-electron chi connectivity index (χ3n) is 5.61. The number of nitrogens with one attached hydrogen (secondary N) is 1. The zero-order valence-electron chi connectivity index (χ0n) is 19.5. The third-order valence-corrected chi connectivity index (χ3v) is 6.68. The van der Waals surface area contributed by atoms with Crippen LogP contribution in [0.1, 0.15) is 31.7 Å². The molecule has 2 rings (SSSR count). The number of amides is 1. The van der Waals surface area contributed by atoms with E-state index in [0.29, 0.717) is 37.4 Å². The number of thiol groups is 1. The van der Waals surface area contributed by atoms with Crippen LogP contribution in [0.25, 0.3) is 0 Å². The number of carboxylic acids is 1. The van der Waals surface area contributed by atoms with Crippen molar-refractivity contribution < 1.29 is 19.4 Å². The van der Waals surface area contributed by atoms with Crippen molar-refractivity contribution in [2.75, 3.05) is 30.9 Å². The minimum atomic E-state index is -1.01. The molecule has 0 radical (unpaired) electrons. The summed E-state index contributed by atoms with van der Waals surface area (Å²) in [6, 6.07) is 6.48. The maximum atomic E-state index is 13.1. The molecule has 4 atom stereocenters. The molecule has 1 heterocycles. The van der Waals surface area contributed by atoms with Gasteiger partial charge in [0.25, 0.3) is 0 Å². The number of thioether (sulfide) groups is 1. The topological polar surface area (TPSA) is 105 Å². The summed E-state index contributed by atoms with van der Waals surface area (Å²) >= 11 is 5.76. The van der Waals surface area contributed by atoms with Crippen LogP contribution in [-0.2, 0) is 16.0 Å². The van der Waals surface area contributed by atoms with Gasteiger partial charge in [-0.05, 0) is 36.5 Å². The molecule has 184 valence electrons. The maximum absolute atomic E-state index is 13.1. The van der Waals surface area contributed by atoms with Crippen LogP contribution in [0.4, 0.5) is 0 Å². The van der Waals surface area contributed by atoms with Gasteiger partial charge in [-0.2, -0.15) is 24.4 Å². The van der Waals surface area contributed by atoms with Crippen molar-refractivity contribution in [3.8, 4) is 5.75 Å². The molecule has 0 spiro atoms. The first-order valence-electron chi connectivity index (χ1n) is 11.4. The fraction of sp³-hybridized carbons (Fsp3) is 0.583. The van der Waals surface area contributed by atoms with Gasteiger partial charge >= 0.3 is 5.97 Å². The first-order valence-corrected chi connectivity index (χ1v) is 13.5. The molecule has 1 saturated heterocycles. The van der Waals surface area contributed by atoms with Crippen molar-refractivity contribution in [2.24, 2.45) is 5.73 Å². The zero-order chi connectivity index (χ0) is 24.2. The fourth-order valence-electron chi connectivity index (χ4n) is 3.89. The lowest BCUT2D eigenvalue weighted by Gasteiger charge is -2.24. The monoisotopic (exact) mass is 495 g/mol. The Labute approximate surface area is 206 Å². The molecule has 7 nitrogen and oxygen atoms in total. The lowest BCUT2D eigenvalue weighted by molar-refractivity contribution is -0.142. The number of carboxylic acid groups (broad SMARTS) is 1. The van der Waals surface area contributed by atoms with E-state index < -0.39 is 18.1 Å². The van der Waals surface area contributed by atoms with E-state index in [4.69, 9.17) is 10.5 Å². The third kappa shape index (κ3) is 8.88. The van der Waals surface area contributed by atoms with Gasteiger partial charge in [0.2, 0.25) is 5.91 Å². The largest absolute Gasteiger partial charge is 0.489 e. The maximum Gasteiger partial charge on any atom is 0.326 e. The van der Waals surface area contributed by atoms with Crippen molar-refractivity contribution in [1.82, 2.24) is 10.2 Å². The average Bonchev–Trinajstić information content (AvgIpc) is 3.20. The van der Waals surface area contributed by atoms with Crippen LogP contribution >= 0.6 is 24.4 Å². The molecule has 1 fully saturated rings. The predicted octanol–water partition coefficient (Wildman–Crippen LogP) is 2.60. The molecule has 1 aliphatic heterocycles. The molecule has 1 aromatic carbocycles. The summed E-state index contributed by atoms with van der Waals surface area (Å²) in [4.78, 5) is 26.8. The molecule has 9 heteroatoms. The quantitative estimate of drug-likeness (QED) is 0.232. The Bertz CT molecular complexity index is 793. The Hall–Kier alpha value is -1.68. The van der Waals surface area contributed by atoms with Gasteiger partial charge in [0, 0.05) is 31.3 Å². The minimum Gasteiger partial charge on any atom is -0.489 e. The van der Waals surface area contributed by atoms with Gasteiger partial charge in [-0.15, -0.1) is 0 Å². The van der Waals surface area contributed by atoms with Gasteiger partial charge in [0.1, 0.15) is 17.9 Å². The highest BCUT2D eigenvalue weighted by atomic mass is 32.2. The Morgan fingerprint density at radius 3 is 2.85 bits per heavy atom. The van der Waals surface area contributed by atoms with Crippen LogP contribution in [0.5, 0.6) is 5.75 Å². The van der Waals surface area contributed by atoms with Crippen molar-refractivity contribution in [3.63, 3.8) is 0 Å². The second-order valence-corrected chi connectivity index (χ2v) is 9.61. The molecule has 0 aromatic heterocycles. The Morgan fingerprint density at radius 2 is 2.18 bits per heavy atom. The minimum absolute atomic E-state index is 0.154. The molecular weight excluding hydrogens is 458 g/mol. The summed E-state index contributed by atoms with van der Waals surface area (Å²) in [7, 11) is 0. The van der Waals surface area contributed by atoms with Crippen LogP contribution in [0, 0.1) is 0 Å². The fourth-order valence-corrected chi connectivity index (χ4v) is 4.48. The number of para-hydroxylation sites is 1. The smallest absolute Gasteiger partial charge is 0.326 e. The predicted molar refractivity (Wildman–Crippen MR) is 138 cm³/mol. The van der Waals surface area contributed by atoms with Crippen LogP contribution in [0.3, 0.4) is 0 Å². The van der Waals surface area contributed by atoms with Gasteiger partial charge in [-0.1, -0.05) is 43.7 Å². The van der Waals surface area contributed by atoms with Crippen molar-refractivity contribution >= 4 is 36.3 Å².